The molecule has 0 bridgehead atoms. The van der Waals surface area contributed by atoms with Crippen molar-refractivity contribution >= 4 is 60.9 Å². The zero-order valence-electron chi connectivity index (χ0n) is 19.0. The number of anilines is 1. The van der Waals surface area contributed by atoms with Gasteiger partial charge in [-0.1, -0.05) is 63.9 Å². The van der Waals surface area contributed by atoms with E-state index in [1.54, 1.807) is 36.4 Å². The Balaban J connectivity index is 1.39. The predicted octanol–water partition coefficient (Wildman–Crippen LogP) is 7.81. The van der Waals surface area contributed by atoms with Crippen LogP contribution in [0.5, 0.6) is 17.2 Å². The van der Waals surface area contributed by atoms with Gasteiger partial charge >= 0.3 is 5.63 Å². The van der Waals surface area contributed by atoms with Gasteiger partial charge in [-0.15, -0.1) is 0 Å². The molecule has 0 aliphatic carbocycles. The fourth-order valence-electron chi connectivity index (χ4n) is 3.85. The van der Waals surface area contributed by atoms with Gasteiger partial charge in [-0.25, -0.2) is 4.79 Å². The number of nitrogens with one attached hydrogen (secondary N) is 1. The molecule has 0 fully saturated rings. The minimum Gasteiger partial charge on any atom is -0.490 e. The van der Waals surface area contributed by atoms with Gasteiger partial charge < -0.3 is 19.2 Å². The molecule has 1 amide bonds. The number of hydrogen-bond donors (Lipinski definition) is 1. The standard InChI is InChI=1S/C28H19BrClNO5/c1-2-34-25-9-5-6-16-14-20(28(33)36-26(16)25)27(32)31-17-10-12-24(22(30)15-17)35-23-13-11-21(29)18-7-3-4-8-19(18)23/h3-15H,2H2,1H3,(H,31,32). The molecule has 1 heterocycles. The van der Waals surface area contributed by atoms with E-state index in [9.17, 15) is 9.59 Å². The van der Waals surface area contributed by atoms with Crippen molar-refractivity contribution in [2.75, 3.05) is 11.9 Å². The van der Waals surface area contributed by atoms with Gasteiger partial charge in [0.15, 0.2) is 11.3 Å². The van der Waals surface area contributed by atoms with E-state index in [4.69, 9.17) is 25.5 Å². The first-order valence-electron chi connectivity index (χ1n) is 11.1. The molecule has 0 aliphatic rings. The lowest BCUT2D eigenvalue weighted by Gasteiger charge is -2.13. The largest absolute Gasteiger partial charge is 0.490 e. The van der Waals surface area contributed by atoms with E-state index >= 15 is 0 Å². The number of benzene rings is 4. The van der Waals surface area contributed by atoms with Crippen molar-refractivity contribution in [2.24, 2.45) is 0 Å². The molecule has 0 spiro atoms. The number of carbonyl (C=O) groups is 1. The molecule has 4 aromatic carbocycles. The minimum absolute atomic E-state index is 0.131. The Morgan fingerprint density at radius 3 is 2.50 bits per heavy atom. The van der Waals surface area contributed by atoms with Gasteiger partial charge in [-0.2, -0.15) is 0 Å². The van der Waals surface area contributed by atoms with E-state index in [-0.39, 0.29) is 5.56 Å². The number of hydrogen-bond acceptors (Lipinski definition) is 5. The third-order valence-electron chi connectivity index (χ3n) is 5.51. The Labute approximate surface area is 219 Å². The van der Waals surface area contributed by atoms with Gasteiger partial charge in [0.1, 0.15) is 17.1 Å². The van der Waals surface area contributed by atoms with Crippen LogP contribution in [0.25, 0.3) is 21.7 Å². The lowest BCUT2D eigenvalue weighted by atomic mass is 10.1. The van der Waals surface area contributed by atoms with Crippen LogP contribution < -0.4 is 20.4 Å². The van der Waals surface area contributed by atoms with Crippen molar-refractivity contribution < 1.29 is 18.7 Å². The molecule has 1 aromatic heterocycles. The first kappa shape index (κ1) is 23.9. The summed E-state index contributed by atoms with van der Waals surface area (Å²) in [7, 11) is 0. The first-order chi connectivity index (χ1) is 17.4. The van der Waals surface area contributed by atoms with Crippen LogP contribution in [0.15, 0.2) is 92.5 Å². The number of ether oxygens (including phenoxy) is 2. The van der Waals surface area contributed by atoms with E-state index in [2.05, 4.69) is 21.2 Å². The van der Waals surface area contributed by atoms with Gasteiger partial charge in [-0.05, 0) is 54.8 Å². The number of para-hydroxylation sites is 1. The van der Waals surface area contributed by atoms with E-state index in [1.807, 2.05) is 43.3 Å². The Morgan fingerprint density at radius 1 is 0.944 bits per heavy atom. The number of rotatable bonds is 6. The molecular formula is C28H19BrClNO5. The highest BCUT2D eigenvalue weighted by Gasteiger charge is 2.17. The van der Waals surface area contributed by atoms with Crippen molar-refractivity contribution in [1.82, 2.24) is 0 Å². The first-order valence-corrected chi connectivity index (χ1v) is 12.3. The van der Waals surface area contributed by atoms with Crippen molar-refractivity contribution in [2.45, 2.75) is 6.92 Å². The highest BCUT2D eigenvalue weighted by molar-refractivity contribution is 9.10. The second-order valence-corrected chi connectivity index (χ2v) is 9.11. The third-order valence-corrected chi connectivity index (χ3v) is 6.50. The monoisotopic (exact) mass is 563 g/mol. The number of carbonyl (C=O) groups excluding carboxylic acids is 1. The second-order valence-electron chi connectivity index (χ2n) is 7.85. The zero-order chi connectivity index (χ0) is 25.2. The van der Waals surface area contributed by atoms with Crippen molar-refractivity contribution in [3.05, 3.63) is 104 Å². The Morgan fingerprint density at radius 2 is 1.72 bits per heavy atom. The van der Waals surface area contributed by atoms with Gasteiger partial charge in [0.25, 0.3) is 5.91 Å². The maximum atomic E-state index is 12.9. The van der Waals surface area contributed by atoms with Gasteiger partial charge in [0.05, 0.1) is 11.6 Å². The summed E-state index contributed by atoms with van der Waals surface area (Å²) in [6, 6.07) is 23.2. The molecule has 5 aromatic rings. The smallest absolute Gasteiger partial charge is 0.349 e. The SMILES string of the molecule is CCOc1cccc2cc(C(=O)Nc3ccc(Oc4ccc(Br)c5ccccc45)c(Cl)c3)c(=O)oc12. The molecule has 1 N–H and O–H groups in total. The summed E-state index contributed by atoms with van der Waals surface area (Å²) in [5, 5.41) is 5.51. The molecule has 0 saturated carbocycles. The van der Waals surface area contributed by atoms with E-state index in [0.29, 0.717) is 45.5 Å². The van der Waals surface area contributed by atoms with Crippen LogP contribution in [0, 0.1) is 0 Å². The maximum Gasteiger partial charge on any atom is 0.349 e. The van der Waals surface area contributed by atoms with Crippen LogP contribution in [-0.2, 0) is 0 Å². The lowest BCUT2D eigenvalue weighted by Crippen LogP contribution is -2.20. The molecule has 0 unspecified atom stereocenters. The van der Waals surface area contributed by atoms with E-state index < -0.39 is 11.5 Å². The zero-order valence-corrected chi connectivity index (χ0v) is 21.4. The summed E-state index contributed by atoms with van der Waals surface area (Å²) >= 11 is 10.0. The van der Waals surface area contributed by atoms with Crippen LogP contribution in [0.1, 0.15) is 17.3 Å². The summed E-state index contributed by atoms with van der Waals surface area (Å²) in [5.74, 6) is 0.902. The van der Waals surface area contributed by atoms with Crippen LogP contribution in [0.2, 0.25) is 5.02 Å². The Hall–Kier alpha value is -3.81. The van der Waals surface area contributed by atoms with Gasteiger partial charge in [0.2, 0.25) is 0 Å². The van der Waals surface area contributed by atoms with Crippen LogP contribution in [0.3, 0.4) is 0 Å². The Bertz CT molecular complexity index is 1680. The fraction of sp³-hybridized carbons (Fsp3) is 0.0714. The van der Waals surface area contributed by atoms with Crippen LogP contribution in [0.4, 0.5) is 5.69 Å². The summed E-state index contributed by atoms with van der Waals surface area (Å²) in [5.41, 5.74) is -0.194. The average Bonchev–Trinajstić information content (AvgIpc) is 2.87. The van der Waals surface area contributed by atoms with E-state index in [1.165, 1.54) is 6.07 Å². The molecular weight excluding hydrogens is 546 g/mol. The molecule has 5 rings (SSSR count). The highest BCUT2D eigenvalue weighted by Crippen LogP contribution is 2.37. The van der Waals surface area contributed by atoms with Gasteiger partial charge in [0, 0.05) is 20.9 Å². The minimum atomic E-state index is -0.764. The summed E-state index contributed by atoms with van der Waals surface area (Å²) in [6.45, 7) is 2.25. The van der Waals surface area contributed by atoms with Crippen molar-refractivity contribution in [3.63, 3.8) is 0 Å². The number of amides is 1. The fourth-order valence-corrected chi connectivity index (χ4v) is 4.54. The number of fused-ring (bicyclic) bond motifs is 2. The predicted molar refractivity (Wildman–Crippen MR) is 145 cm³/mol. The second kappa shape index (κ2) is 10.0. The normalized spacial score (nSPS) is 11.0. The van der Waals surface area contributed by atoms with Crippen LogP contribution in [-0.4, -0.2) is 12.5 Å². The van der Waals surface area contributed by atoms with Gasteiger partial charge in [-0.3, -0.25) is 4.79 Å². The molecule has 6 nitrogen and oxygen atoms in total. The molecule has 0 saturated heterocycles. The van der Waals surface area contributed by atoms with E-state index in [0.717, 1.165) is 15.2 Å². The van der Waals surface area contributed by atoms with Crippen molar-refractivity contribution in [1.29, 1.82) is 0 Å². The molecule has 0 radical (unpaired) electrons. The summed E-state index contributed by atoms with van der Waals surface area (Å²) < 4.78 is 17.9. The molecule has 0 aliphatic heterocycles. The molecule has 8 heteroatoms. The third kappa shape index (κ3) is 4.67. The Kier molecular flexibility index (Phi) is 6.67. The summed E-state index contributed by atoms with van der Waals surface area (Å²) in [4.78, 5) is 25.4. The maximum absolute atomic E-state index is 12.9. The quantitative estimate of drug-likeness (QED) is 0.213. The molecule has 0 atom stereocenters. The topological polar surface area (TPSA) is 77.8 Å². The highest BCUT2D eigenvalue weighted by atomic mass is 79.9. The van der Waals surface area contributed by atoms with Crippen molar-refractivity contribution in [3.8, 4) is 17.2 Å². The molecule has 36 heavy (non-hydrogen) atoms. The lowest BCUT2D eigenvalue weighted by molar-refractivity contribution is 0.102. The van der Waals surface area contributed by atoms with Crippen LogP contribution >= 0.6 is 27.5 Å². The average molecular weight is 565 g/mol. The number of halogens is 2. The summed E-state index contributed by atoms with van der Waals surface area (Å²) in [6.07, 6.45) is 0. The molecule has 180 valence electrons.